The first-order valence-corrected chi connectivity index (χ1v) is 7.91. The fourth-order valence-electron chi connectivity index (χ4n) is 2.14. The topological polar surface area (TPSA) is 56.7 Å². The molecule has 0 radical (unpaired) electrons. The minimum Gasteiger partial charge on any atom is -0.369 e. The number of thiazole rings is 1. The number of benzene rings is 1. The summed E-state index contributed by atoms with van der Waals surface area (Å²) in [6.45, 7) is 2.97. The van der Waals surface area contributed by atoms with Gasteiger partial charge in [-0.3, -0.25) is 0 Å². The van der Waals surface area contributed by atoms with Crippen LogP contribution in [0.25, 0.3) is 11.0 Å². The van der Waals surface area contributed by atoms with Crippen molar-refractivity contribution in [2.45, 2.75) is 19.4 Å². The second kappa shape index (κ2) is 5.09. The minimum absolute atomic E-state index is 0.332. The van der Waals surface area contributed by atoms with Gasteiger partial charge in [-0.2, -0.15) is 0 Å². The van der Waals surface area contributed by atoms with Gasteiger partial charge in [0, 0.05) is 27.6 Å². The molecule has 1 atom stereocenters. The summed E-state index contributed by atoms with van der Waals surface area (Å²) < 4.78 is 3.24. The lowest BCUT2D eigenvalue weighted by Gasteiger charge is -2.11. The molecular weight excluding hydrogens is 371 g/mol. The Kier molecular flexibility index (Phi) is 3.44. The van der Waals surface area contributed by atoms with Gasteiger partial charge in [0.1, 0.15) is 0 Å². The van der Waals surface area contributed by atoms with Gasteiger partial charge < -0.3 is 10.3 Å². The number of aromatic nitrogens is 3. The predicted molar refractivity (Wildman–Crippen MR) is 87.4 cm³/mol. The first-order valence-electron chi connectivity index (χ1n) is 5.96. The monoisotopic (exact) mass is 384 g/mol. The number of fused-ring (bicyclic) bond motifs is 1. The molecule has 0 aliphatic heterocycles. The van der Waals surface area contributed by atoms with E-state index >= 15 is 0 Å². The quantitative estimate of drug-likeness (QED) is 0.704. The van der Waals surface area contributed by atoms with E-state index in [0.29, 0.717) is 11.9 Å². The zero-order valence-electron chi connectivity index (χ0n) is 10.4. The highest BCUT2D eigenvalue weighted by molar-refractivity contribution is 14.1. The Morgan fingerprint density at radius 1 is 1.47 bits per heavy atom. The lowest BCUT2D eigenvalue weighted by atomic mass is 10.2. The number of nitrogen functional groups attached to an aromatic ring is 1. The number of hydrogen-bond acceptors (Lipinski definition) is 4. The van der Waals surface area contributed by atoms with Crippen molar-refractivity contribution >= 4 is 50.9 Å². The second-order valence-corrected chi connectivity index (χ2v) is 6.66. The molecule has 0 saturated carbocycles. The van der Waals surface area contributed by atoms with E-state index in [1.54, 1.807) is 11.3 Å². The first kappa shape index (κ1) is 12.9. The van der Waals surface area contributed by atoms with E-state index in [-0.39, 0.29) is 0 Å². The molecule has 3 rings (SSSR count). The van der Waals surface area contributed by atoms with Crippen molar-refractivity contribution in [2.75, 3.05) is 5.73 Å². The molecule has 19 heavy (non-hydrogen) atoms. The molecular formula is C13H13IN4S. The molecule has 0 amide bonds. The molecule has 0 spiro atoms. The van der Waals surface area contributed by atoms with Gasteiger partial charge in [-0.1, -0.05) is 6.92 Å². The van der Waals surface area contributed by atoms with Crippen molar-refractivity contribution < 1.29 is 0 Å². The van der Waals surface area contributed by atoms with Gasteiger partial charge in [-0.25, -0.2) is 9.97 Å². The Hall–Kier alpha value is -1.15. The summed E-state index contributed by atoms with van der Waals surface area (Å²) in [5.41, 5.74) is 8.08. The van der Waals surface area contributed by atoms with E-state index in [0.717, 1.165) is 22.6 Å². The number of nitrogens with zero attached hydrogens (tertiary/aromatic N) is 3. The largest absolute Gasteiger partial charge is 0.369 e. The smallest absolute Gasteiger partial charge is 0.201 e. The molecule has 2 aromatic heterocycles. The van der Waals surface area contributed by atoms with Crippen LogP contribution in [-0.4, -0.2) is 14.5 Å². The van der Waals surface area contributed by atoms with E-state index in [1.807, 2.05) is 11.6 Å². The fourth-order valence-corrected chi connectivity index (χ4v) is 3.31. The normalized spacial score (nSPS) is 12.9. The van der Waals surface area contributed by atoms with Gasteiger partial charge in [0.2, 0.25) is 5.95 Å². The molecule has 0 aliphatic carbocycles. The first-order chi connectivity index (χ1) is 9.15. The molecule has 0 saturated heterocycles. The zero-order chi connectivity index (χ0) is 13.4. The van der Waals surface area contributed by atoms with Crippen LogP contribution in [0.4, 0.5) is 5.95 Å². The van der Waals surface area contributed by atoms with E-state index in [1.165, 1.54) is 3.57 Å². The fraction of sp³-hybridized carbons (Fsp3) is 0.231. The van der Waals surface area contributed by atoms with Crippen LogP contribution in [0.3, 0.4) is 0 Å². The van der Waals surface area contributed by atoms with E-state index < -0.39 is 0 Å². The zero-order valence-corrected chi connectivity index (χ0v) is 13.4. The maximum atomic E-state index is 6.04. The average Bonchev–Trinajstić information content (AvgIpc) is 2.98. The Morgan fingerprint density at radius 3 is 3.05 bits per heavy atom. The van der Waals surface area contributed by atoms with Crippen molar-refractivity contribution in [1.29, 1.82) is 0 Å². The number of rotatable bonds is 3. The van der Waals surface area contributed by atoms with E-state index in [2.05, 4.69) is 62.2 Å². The van der Waals surface area contributed by atoms with Gasteiger partial charge in [-0.05, 0) is 40.8 Å². The van der Waals surface area contributed by atoms with Crippen molar-refractivity contribution in [3.63, 3.8) is 0 Å². The Balaban J connectivity index is 1.98. The highest BCUT2D eigenvalue weighted by Gasteiger charge is 2.14. The highest BCUT2D eigenvalue weighted by atomic mass is 127. The van der Waals surface area contributed by atoms with Crippen molar-refractivity contribution in [1.82, 2.24) is 14.5 Å². The number of imidazole rings is 1. The third kappa shape index (κ3) is 2.46. The third-order valence-electron chi connectivity index (χ3n) is 3.07. The summed E-state index contributed by atoms with van der Waals surface area (Å²) in [5.74, 6) is 0.902. The number of nitrogens with two attached hydrogens (primary N) is 1. The van der Waals surface area contributed by atoms with Crippen LogP contribution in [0.15, 0.2) is 29.8 Å². The van der Waals surface area contributed by atoms with Crippen LogP contribution in [0, 0.1) is 3.57 Å². The van der Waals surface area contributed by atoms with Crippen LogP contribution in [0.1, 0.15) is 17.8 Å². The molecule has 0 aliphatic rings. The highest BCUT2D eigenvalue weighted by Crippen LogP contribution is 2.25. The maximum absolute atomic E-state index is 6.04. The van der Waals surface area contributed by atoms with Gasteiger partial charge in [0.25, 0.3) is 0 Å². The lowest BCUT2D eigenvalue weighted by Crippen LogP contribution is -2.09. The van der Waals surface area contributed by atoms with Gasteiger partial charge in [0.15, 0.2) is 0 Å². The van der Waals surface area contributed by atoms with Crippen molar-refractivity contribution in [3.05, 3.63) is 38.4 Å². The van der Waals surface area contributed by atoms with Crippen LogP contribution in [0.2, 0.25) is 0 Å². The third-order valence-corrected chi connectivity index (χ3v) is 4.75. The molecule has 2 N–H and O–H groups in total. The molecule has 0 fully saturated rings. The molecule has 1 unspecified atom stereocenters. The van der Waals surface area contributed by atoms with Crippen molar-refractivity contribution in [3.8, 4) is 0 Å². The van der Waals surface area contributed by atoms with Crippen LogP contribution in [-0.2, 0) is 6.54 Å². The summed E-state index contributed by atoms with van der Waals surface area (Å²) in [5, 5.41) is 3.13. The Labute approximate surface area is 128 Å². The number of halogens is 1. The molecule has 3 aromatic rings. The summed E-state index contributed by atoms with van der Waals surface area (Å²) >= 11 is 3.96. The van der Waals surface area contributed by atoms with Gasteiger partial charge in [0.05, 0.1) is 16.0 Å². The summed E-state index contributed by atoms with van der Waals surface area (Å²) in [6.07, 6.45) is 1.84. The molecule has 2 heterocycles. The van der Waals surface area contributed by atoms with Gasteiger partial charge in [-0.15, -0.1) is 11.3 Å². The van der Waals surface area contributed by atoms with E-state index in [9.17, 15) is 0 Å². The molecule has 1 aromatic carbocycles. The lowest BCUT2D eigenvalue weighted by molar-refractivity contribution is 0.614. The average molecular weight is 384 g/mol. The van der Waals surface area contributed by atoms with Gasteiger partial charge >= 0.3 is 0 Å². The number of anilines is 1. The Bertz CT molecular complexity index is 705. The molecule has 98 valence electrons. The SMILES string of the molecule is CC(Cn1c(N)nc2cc(I)ccc21)c1nccs1. The minimum atomic E-state index is 0.332. The van der Waals surface area contributed by atoms with Crippen LogP contribution < -0.4 is 5.73 Å². The van der Waals surface area contributed by atoms with Crippen LogP contribution >= 0.6 is 33.9 Å². The second-order valence-electron chi connectivity index (χ2n) is 4.49. The van der Waals surface area contributed by atoms with E-state index in [4.69, 9.17) is 5.73 Å². The standard InChI is InChI=1S/C13H13IN4S/c1-8(12-16-4-5-19-12)7-18-11-3-2-9(14)6-10(11)17-13(18)15/h2-6,8H,7H2,1H3,(H2,15,17). The van der Waals surface area contributed by atoms with Crippen molar-refractivity contribution in [2.24, 2.45) is 0 Å². The summed E-state index contributed by atoms with van der Waals surface area (Å²) in [4.78, 5) is 8.79. The predicted octanol–water partition coefficient (Wildman–Crippen LogP) is 3.48. The van der Waals surface area contributed by atoms with Crippen LogP contribution in [0.5, 0.6) is 0 Å². The summed E-state index contributed by atoms with van der Waals surface area (Å²) in [7, 11) is 0. The Morgan fingerprint density at radius 2 is 2.32 bits per heavy atom. The molecule has 4 nitrogen and oxygen atoms in total. The maximum Gasteiger partial charge on any atom is 0.201 e. The summed E-state index contributed by atoms with van der Waals surface area (Å²) in [6, 6.07) is 6.21. The molecule has 6 heteroatoms. The molecule has 0 bridgehead atoms. The number of hydrogen-bond donors (Lipinski definition) is 1.